The van der Waals surface area contributed by atoms with E-state index in [4.69, 9.17) is 0 Å². The zero-order chi connectivity index (χ0) is 14.0. The fraction of sp³-hybridized carbons (Fsp3) is 0.571. The number of pyridine rings is 1. The van der Waals surface area contributed by atoms with Crippen LogP contribution in [0.4, 0.5) is 5.95 Å². The van der Waals surface area contributed by atoms with Crippen LogP contribution in [0, 0.1) is 12.8 Å². The predicted molar refractivity (Wildman–Crippen MR) is 76.3 cm³/mol. The summed E-state index contributed by atoms with van der Waals surface area (Å²) in [5, 5.41) is 17.7. The summed E-state index contributed by atoms with van der Waals surface area (Å²) in [5.74, 6) is 1.01. The average molecular weight is 262 g/mol. The Hall–Kier alpha value is -1.62. The Bertz CT molecular complexity index is 560. The Balaban J connectivity index is 2.08. The number of aliphatic hydroxyl groups is 1. The Kier molecular flexibility index (Phi) is 3.75. The number of aryl methyl sites for hydroxylation is 1. The molecule has 2 N–H and O–H groups in total. The first kappa shape index (κ1) is 13.8. The fourth-order valence-electron chi connectivity index (χ4n) is 2.34. The molecular formula is C14H22N4O. The molecule has 2 aromatic rings. The zero-order valence-corrected chi connectivity index (χ0v) is 12.0. The highest BCUT2D eigenvalue weighted by Gasteiger charge is 2.22. The minimum atomic E-state index is -0.749. The molecule has 0 saturated heterocycles. The van der Waals surface area contributed by atoms with E-state index in [0.29, 0.717) is 18.4 Å². The van der Waals surface area contributed by atoms with Gasteiger partial charge in [-0.3, -0.25) is 0 Å². The van der Waals surface area contributed by atoms with Crippen LogP contribution in [0.25, 0.3) is 5.65 Å². The lowest BCUT2D eigenvalue weighted by Crippen LogP contribution is -2.35. The summed E-state index contributed by atoms with van der Waals surface area (Å²) in [6.07, 6.45) is 2.61. The Labute approximate surface area is 113 Å². The van der Waals surface area contributed by atoms with Gasteiger partial charge in [-0.1, -0.05) is 19.9 Å². The maximum atomic E-state index is 10.3. The minimum absolute atomic E-state index is 0.446. The van der Waals surface area contributed by atoms with Crippen LogP contribution < -0.4 is 5.32 Å². The van der Waals surface area contributed by atoms with Crippen molar-refractivity contribution in [2.24, 2.45) is 5.92 Å². The zero-order valence-electron chi connectivity index (χ0n) is 12.0. The summed E-state index contributed by atoms with van der Waals surface area (Å²) < 4.78 is 1.74. The van der Waals surface area contributed by atoms with Gasteiger partial charge in [0.2, 0.25) is 5.95 Å². The first-order chi connectivity index (χ1) is 8.87. The van der Waals surface area contributed by atoms with Crippen LogP contribution in [0.1, 0.15) is 32.8 Å². The fourth-order valence-corrected chi connectivity index (χ4v) is 2.34. The van der Waals surface area contributed by atoms with Crippen LogP contribution in [0.2, 0.25) is 0 Å². The molecule has 2 rings (SSSR count). The largest absolute Gasteiger partial charge is 0.388 e. The first-order valence-electron chi connectivity index (χ1n) is 6.66. The van der Waals surface area contributed by atoms with Gasteiger partial charge in [0.25, 0.3) is 0 Å². The Morgan fingerprint density at radius 2 is 2.21 bits per heavy atom. The molecule has 0 fully saturated rings. The van der Waals surface area contributed by atoms with Gasteiger partial charge >= 0.3 is 0 Å². The molecule has 104 valence electrons. The van der Waals surface area contributed by atoms with Crippen molar-refractivity contribution in [2.75, 3.05) is 11.9 Å². The third-order valence-corrected chi connectivity index (χ3v) is 3.03. The summed E-state index contributed by atoms with van der Waals surface area (Å²) in [7, 11) is 0. The molecule has 2 heterocycles. The molecule has 1 unspecified atom stereocenters. The van der Waals surface area contributed by atoms with E-state index in [-0.39, 0.29) is 0 Å². The van der Waals surface area contributed by atoms with Crippen LogP contribution in [0.3, 0.4) is 0 Å². The smallest absolute Gasteiger partial charge is 0.243 e. The molecule has 0 spiro atoms. The van der Waals surface area contributed by atoms with Crippen molar-refractivity contribution >= 4 is 11.6 Å². The van der Waals surface area contributed by atoms with Crippen molar-refractivity contribution < 1.29 is 5.11 Å². The molecule has 0 amide bonds. The number of aromatic nitrogens is 3. The maximum Gasteiger partial charge on any atom is 0.243 e. The molecule has 0 aliphatic carbocycles. The quantitative estimate of drug-likeness (QED) is 0.867. The van der Waals surface area contributed by atoms with Gasteiger partial charge in [-0.05, 0) is 37.8 Å². The van der Waals surface area contributed by atoms with Crippen LogP contribution in [-0.2, 0) is 0 Å². The molecule has 0 aromatic carbocycles. The monoisotopic (exact) mass is 262 g/mol. The van der Waals surface area contributed by atoms with Crippen molar-refractivity contribution in [3.63, 3.8) is 0 Å². The molecule has 0 aliphatic heterocycles. The lowest BCUT2D eigenvalue weighted by molar-refractivity contribution is 0.0514. The van der Waals surface area contributed by atoms with Gasteiger partial charge < -0.3 is 10.4 Å². The number of anilines is 1. The average Bonchev–Trinajstić information content (AvgIpc) is 2.69. The van der Waals surface area contributed by atoms with Crippen LogP contribution in [0.15, 0.2) is 18.3 Å². The number of hydrogen-bond donors (Lipinski definition) is 2. The summed E-state index contributed by atoms with van der Waals surface area (Å²) in [6.45, 7) is 8.48. The summed E-state index contributed by atoms with van der Waals surface area (Å²) in [6, 6.07) is 3.94. The van der Waals surface area contributed by atoms with Gasteiger partial charge in [0.1, 0.15) is 0 Å². The molecule has 19 heavy (non-hydrogen) atoms. The number of fused-ring (bicyclic) bond motifs is 1. The Morgan fingerprint density at radius 3 is 2.84 bits per heavy atom. The predicted octanol–water partition coefficient (Wildman–Crippen LogP) is 2.25. The van der Waals surface area contributed by atoms with Crippen molar-refractivity contribution in [3.05, 3.63) is 23.9 Å². The number of nitrogens with zero attached hydrogens (tertiary/aromatic N) is 3. The first-order valence-corrected chi connectivity index (χ1v) is 6.66. The SMILES string of the molecule is Cc1cccn2nc(NCC(C)(O)CC(C)C)nc12. The highest BCUT2D eigenvalue weighted by Crippen LogP contribution is 2.17. The van der Waals surface area contributed by atoms with E-state index in [9.17, 15) is 5.11 Å². The topological polar surface area (TPSA) is 62.5 Å². The van der Waals surface area contributed by atoms with Gasteiger partial charge in [0.15, 0.2) is 5.65 Å². The summed E-state index contributed by atoms with van der Waals surface area (Å²) in [4.78, 5) is 4.42. The minimum Gasteiger partial charge on any atom is -0.388 e. The third-order valence-electron chi connectivity index (χ3n) is 3.03. The van der Waals surface area contributed by atoms with E-state index >= 15 is 0 Å². The van der Waals surface area contributed by atoms with E-state index < -0.39 is 5.60 Å². The van der Waals surface area contributed by atoms with E-state index in [2.05, 4.69) is 29.2 Å². The van der Waals surface area contributed by atoms with Gasteiger partial charge in [-0.2, -0.15) is 4.98 Å². The van der Waals surface area contributed by atoms with Gasteiger partial charge in [0.05, 0.1) is 5.60 Å². The molecule has 5 heteroatoms. The highest BCUT2D eigenvalue weighted by molar-refractivity contribution is 5.49. The van der Waals surface area contributed by atoms with Crippen molar-refractivity contribution in [3.8, 4) is 0 Å². The summed E-state index contributed by atoms with van der Waals surface area (Å²) in [5.41, 5.74) is 1.17. The van der Waals surface area contributed by atoms with Crippen molar-refractivity contribution in [2.45, 2.75) is 39.7 Å². The second-order valence-corrected chi connectivity index (χ2v) is 5.84. The maximum absolute atomic E-state index is 10.3. The third kappa shape index (κ3) is 3.44. The molecule has 0 saturated carbocycles. The molecule has 0 bridgehead atoms. The number of hydrogen-bond acceptors (Lipinski definition) is 4. The van der Waals surface area contributed by atoms with Gasteiger partial charge in [0, 0.05) is 12.7 Å². The van der Waals surface area contributed by atoms with E-state index in [1.165, 1.54) is 0 Å². The van der Waals surface area contributed by atoms with E-state index in [1.54, 1.807) is 4.52 Å². The molecule has 0 aliphatic rings. The molecule has 0 radical (unpaired) electrons. The number of nitrogens with one attached hydrogen (secondary N) is 1. The lowest BCUT2D eigenvalue weighted by atomic mass is 9.94. The van der Waals surface area contributed by atoms with Gasteiger partial charge in [-0.25, -0.2) is 4.52 Å². The highest BCUT2D eigenvalue weighted by atomic mass is 16.3. The Morgan fingerprint density at radius 1 is 1.47 bits per heavy atom. The van der Waals surface area contributed by atoms with E-state index in [1.807, 2.05) is 32.2 Å². The second kappa shape index (κ2) is 5.17. The molecule has 5 nitrogen and oxygen atoms in total. The van der Waals surface area contributed by atoms with Gasteiger partial charge in [-0.15, -0.1) is 5.10 Å². The normalized spacial score (nSPS) is 14.8. The van der Waals surface area contributed by atoms with E-state index in [0.717, 1.165) is 17.6 Å². The van der Waals surface area contributed by atoms with Crippen LogP contribution >= 0.6 is 0 Å². The van der Waals surface area contributed by atoms with Crippen molar-refractivity contribution in [1.29, 1.82) is 0 Å². The molecular weight excluding hydrogens is 240 g/mol. The van der Waals surface area contributed by atoms with Crippen LogP contribution in [0.5, 0.6) is 0 Å². The standard InChI is InChI=1S/C14H22N4O/c1-10(2)8-14(4,19)9-15-13-16-12-11(3)6-5-7-18(12)17-13/h5-7,10,19H,8-9H2,1-4H3,(H,15,17). The molecule has 1 atom stereocenters. The van der Waals surface area contributed by atoms with Crippen molar-refractivity contribution in [1.82, 2.24) is 14.6 Å². The lowest BCUT2D eigenvalue weighted by Gasteiger charge is -2.25. The second-order valence-electron chi connectivity index (χ2n) is 5.84. The number of rotatable bonds is 5. The summed E-state index contributed by atoms with van der Waals surface area (Å²) >= 11 is 0. The molecule has 2 aromatic heterocycles. The van der Waals surface area contributed by atoms with Crippen LogP contribution in [-0.4, -0.2) is 31.9 Å².